The number of hydrogen-bond donors (Lipinski definition) is 1. The summed E-state index contributed by atoms with van der Waals surface area (Å²) in [6.45, 7) is 4.74. The maximum Gasteiger partial charge on any atom is 0.234 e. The molecule has 0 saturated carbocycles. The summed E-state index contributed by atoms with van der Waals surface area (Å²) in [5.41, 5.74) is 1.92. The number of anilines is 1. The number of amides is 1. The molecule has 0 saturated heterocycles. The van der Waals surface area contributed by atoms with Gasteiger partial charge in [0, 0.05) is 12.2 Å². The first-order valence-electron chi connectivity index (χ1n) is 8.69. The number of benzene rings is 3. The summed E-state index contributed by atoms with van der Waals surface area (Å²) in [4.78, 5) is 15.0. The number of rotatable bonds is 5. The van der Waals surface area contributed by atoms with Gasteiger partial charge in [0.05, 0.1) is 5.92 Å². The van der Waals surface area contributed by atoms with Crippen molar-refractivity contribution >= 4 is 22.4 Å². The van der Waals surface area contributed by atoms with Gasteiger partial charge in [-0.1, -0.05) is 49.4 Å². The largest absolute Gasteiger partial charge is 0.508 e. The van der Waals surface area contributed by atoms with Crippen molar-refractivity contribution in [3.63, 3.8) is 0 Å². The fourth-order valence-corrected chi connectivity index (χ4v) is 3.10. The van der Waals surface area contributed by atoms with Crippen LogP contribution in [-0.2, 0) is 4.79 Å². The molecular formula is C22H23NO2. The Balaban J connectivity index is 1.91. The monoisotopic (exact) mass is 333 g/mol. The number of aromatic hydroxyl groups is 1. The average molecular weight is 333 g/mol. The first kappa shape index (κ1) is 17.0. The Bertz CT molecular complexity index is 874. The topological polar surface area (TPSA) is 40.5 Å². The predicted molar refractivity (Wildman–Crippen MR) is 103 cm³/mol. The zero-order valence-corrected chi connectivity index (χ0v) is 14.6. The van der Waals surface area contributed by atoms with Crippen LogP contribution in [0.4, 0.5) is 5.69 Å². The smallest absolute Gasteiger partial charge is 0.234 e. The lowest BCUT2D eigenvalue weighted by atomic mass is 9.96. The van der Waals surface area contributed by atoms with Gasteiger partial charge in [0.2, 0.25) is 5.91 Å². The molecule has 0 bridgehead atoms. The van der Waals surface area contributed by atoms with E-state index in [1.165, 1.54) is 0 Å². The lowest BCUT2D eigenvalue weighted by Crippen LogP contribution is -2.35. The van der Waals surface area contributed by atoms with Crippen molar-refractivity contribution in [3.8, 4) is 5.75 Å². The van der Waals surface area contributed by atoms with Crippen LogP contribution in [-0.4, -0.2) is 17.6 Å². The van der Waals surface area contributed by atoms with E-state index in [0.717, 1.165) is 28.4 Å². The lowest BCUT2D eigenvalue weighted by Gasteiger charge is -2.26. The summed E-state index contributed by atoms with van der Waals surface area (Å²) in [6.07, 6.45) is 0.907. The molecule has 3 aromatic carbocycles. The van der Waals surface area contributed by atoms with E-state index in [0.29, 0.717) is 6.54 Å². The fourth-order valence-electron chi connectivity index (χ4n) is 3.10. The number of nitrogens with zero attached hydrogens (tertiary/aromatic N) is 1. The second kappa shape index (κ2) is 7.39. The highest BCUT2D eigenvalue weighted by molar-refractivity contribution is 5.98. The second-order valence-electron chi connectivity index (χ2n) is 6.34. The predicted octanol–water partition coefficient (Wildman–Crippen LogP) is 5.09. The molecule has 0 fully saturated rings. The molecule has 0 spiro atoms. The van der Waals surface area contributed by atoms with E-state index in [1.54, 1.807) is 12.1 Å². The molecule has 0 heterocycles. The summed E-state index contributed by atoms with van der Waals surface area (Å²) in [6, 6.07) is 21.1. The Hall–Kier alpha value is -2.81. The number of phenolic OH excluding ortho intramolecular Hbond substituents is 1. The molecule has 1 amide bonds. The van der Waals surface area contributed by atoms with Gasteiger partial charge in [-0.15, -0.1) is 0 Å². The fraction of sp³-hybridized carbons (Fsp3) is 0.227. The van der Waals surface area contributed by atoms with E-state index in [-0.39, 0.29) is 17.6 Å². The minimum atomic E-state index is -0.232. The van der Waals surface area contributed by atoms with Crippen molar-refractivity contribution in [2.45, 2.75) is 26.2 Å². The molecule has 1 N–H and O–H groups in total. The van der Waals surface area contributed by atoms with Gasteiger partial charge in [-0.2, -0.15) is 0 Å². The van der Waals surface area contributed by atoms with Gasteiger partial charge < -0.3 is 10.0 Å². The van der Waals surface area contributed by atoms with Crippen molar-refractivity contribution in [3.05, 3.63) is 72.3 Å². The Kier molecular flexibility index (Phi) is 5.03. The number of carbonyl (C=O) groups is 1. The van der Waals surface area contributed by atoms with E-state index in [1.807, 2.05) is 66.4 Å². The van der Waals surface area contributed by atoms with E-state index in [4.69, 9.17) is 0 Å². The lowest BCUT2D eigenvalue weighted by molar-refractivity contribution is -0.119. The number of hydrogen-bond acceptors (Lipinski definition) is 2. The van der Waals surface area contributed by atoms with Gasteiger partial charge in [-0.05, 0) is 53.9 Å². The third kappa shape index (κ3) is 3.66. The standard InChI is InChI=1S/C22H23NO2/c1-3-13-23(20-7-5-4-6-8-20)22(25)16(2)17-9-10-19-15-21(24)12-11-18(19)14-17/h4-12,14-16,24H,3,13H2,1-2H3/t16-/m0/s1. The van der Waals surface area contributed by atoms with Crippen LogP contribution in [0.1, 0.15) is 31.7 Å². The van der Waals surface area contributed by atoms with Crippen LogP contribution in [0.2, 0.25) is 0 Å². The van der Waals surface area contributed by atoms with E-state index >= 15 is 0 Å². The number of carbonyl (C=O) groups excluding carboxylic acids is 1. The maximum atomic E-state index is 13.1. The third-order valence-corrected chi connectivity index (χ3v) is 4.50. The first-order chi connectivity index (χ1) is 12.1. The van der Waals surface area contributed by atoms with E-state index in [9.17, 15) is 9.90 Å². The van der Waals surface area contributed by atoms with Gasteiger partial charge in [-0.25, -0.2) is 0 Å². The first-order valence-corrected chi connectivity index (χ1v) is 8.69. The van der Waals surface area contributed by atoms with Crippen LogP contribution in [0.15, 0.2) is 66.7 Å². The average Bonchev–Trinajstić information content (AvgIpc) is 2.65. The molecule has 3 rings (SSSR count). The Labute approximate surface area is 148 Å². The molecule has 0 aliphatic rings. The van der Waals surface area contributed by atoms with Crippen molar-refractivity contribution in [2.24, 2.45) is 0 Å². The Morgan fingerprint density at radius 1 is 1.00 bits per heavy atom. The van der Waals surface area contributed by atoms with Crippen molar-refractivity contribution in [2.75, 3.05) is 11.4 Å². The highest BCUT2D eigenvalue weighted by Crippen LogP contribution is 2.27. The van der Waals surface area contributed by atoms with Crippen molar-refractivity contribution in [1.82, 2.24) is 0 Å². The molecule has 0 unspecified atom stereocenters. The SMILES string of the molecule is CCCN(C(=O)[C@@H](C)c1ccc2cc(O)ccc2c1)c1ccccc1. The van der Waals surface area contributed by atoms with Crippen LogP contribution >= 0.6 is 0 Å². The van der Waals surface area contributed by atoms with Gasteiger partial charge in [0.25, 0.3) is 0 Å². The molecule has 3 heteroatoms. The Morgan fingerprint density at radius 3 is 2.40 bits per heavy atom. The molecule has 128 valence electrons. The Morgan fingerprint density at radius 2 is 1.68 bits per heavy atom. The van der Waals surface area contributed by atoms with Crippen molar-refractivity contribution in [1.29, 1.82) is 0 Å². The van der Waals surface area contributed by atoms with Crippen LogP contribution in [0, 0.1) is 0 Å². The zero-order valence-electron chi connectivity index (χ0n) is 14.6. The van der Waals surface area contributed by atoms with Gasteiger partial charge in [-0.3, -0.25) is 4.79 Å². The molecule has 3 nitrogen and oxygen atoms in total. The van der Waals surface area contributed by atoms with Crippen LogP contribution in [0.5, 0.6) is 5.75 Å². The number of phenols is 1. The summed E-state index contributed by atoms with van der Waals surface area (Å²) >= 11 is 0. The number of fused-ring (bicyclic) bond motifs is 1. The van der Waals surface area contributed by atoms with Crippen LogP contribution in [0.3, 0.4) is 0 Å². The van der Waals surface area contributed by atoms with E-state index < -0.39 is 0 Å². The molecule has 25 heavy (non-hydrogen) atoms. The number of para-hydroxylation sites is 1. The quantitative estimate of drug-likeness (QED) is 0.706. The molecule has 0 aliphatic heterocycles. The molecule has 3 aromatic rings. The third-order valence-electron chi connectivity index (χ3n) is 4.50. The van der Waals surface area contributed by atoms with Crippen LogP contribution in [0.25, 0.3) is 10.8 Å². The highest BCUT2D eigenvalue weighted by Gasteiger charge is 2.22. The minimum Gasteiger partial charge on any atom is -0.508 e. The molecule has 0 radical (unpaired) electrons. The van der Waals surface area contributed by atoms with E-state index in [2.05, 4.69) is 6.92 Å². The molecule has 0 aliphatic carbocycles. The zero-order chi connectivity index (χ0) is 17.8. The van der Waals surface area contributed by atoms with Gasteiger partial charge in [0.15, 0.2) is 0 Å². The normalized spacial score (nSPS) is 12.1. The minimum absolute atomic E-state index is 0.103. The molecule has 0 aromatic heterocycles. The summed E-state index contributed by atoms with van der Waals surface area (Å²) in [5.74, 6) is 0.124. The summed E-state index contributed by atoms with van der Waals surface area (Å²) in [7, 11) is 0. The summed E-state index contributed by atoms with van der Waals surface area (Å²) in [5, 5.41) is 11.6. The van der Waals surface area contributed by atoms with Gasteiger partial charge in [0.1, 0.15) is 5.75 Å². The molecule has 1 atom stereocenters. The maximum absolute atomic E-state index is 13.1. The van der Waals surface area contributed by atoms with Crippen molar-refractivity contribution < 1.29 is 9.90 Å². The highest BCUT2D eigenvalue weighted by atomic mass is 16.3. The second-order valence-corrected chi connectivity index (χ2v) is 6.34. The van der Waals surface area contributed by atoms with Gasteiger partial charge >= 0.3 is 0 Å². The summed E-state index contributed by atoms with van der Waals surface area (Å²) < 4.78 is 0. The van der Waals surface area contributed by atoms with Crippen LogP contribution < -0.4 is 4.90 Å². The molecular weight excluding hydrogens is 310 g/mol.